The molecule has 0 bridgehead atoms. The zero-order chi connectivity index (χ0) is 26.7. The fourth-order valence-corrected chi connectivity index (χ4v) is 4.17. The van der Waals surface area contributed by atoms with Gasteiger partial charge in [-0.15, -0.1) is 0 Å². The predicted octanol–water partition coefficient (Wildman–Crippen LogP) is 6.22. The van der Waals surface area contributed by atoms with Gasteiger partial charge in [-0.1, -0.05) is 85.5 Å². The lowest BCUT2D eigenvalue weighted by atomic mass is 9.94. The van der Waals surface area contributed by atoms with Gasteiger partial charge in [0.15, 0.2) is 0 Å². The highest BCUT2D eigenvalue weighted by Crippen LogP contribution is 2.18. The Morgan fingerprint density at radius 3 is 1.94 bits per heavy atom. The first-order valence-electron chi connectivity index (χ1n) is 15.0. The number of hydrogen-bond donors (Lipinski definition) is 2. The molecule has 3 atom stereocenters. The smallest absolute Gasteiger partial charge is 0.223 e. The SMILES string of the molecule is CCCCCCC(CCCCC)C(=O)NCC(F)COCCOCCOCCNC(CC)CCCC. The molecular weight excluding hydrogens is 459 g/mol. The van der Waals surface area contributed by atoms with Crippen LogP contribution in [0.2, 0.25) is 0 Å². The maximum absolute atomic E-state index is 14.2. The monoisotopic (exact) mass is 518 g/mol. The van der Waals surface area contributed by atoms with Gasteiger partial charge in [0.1, 0.15) is 6.17 Å². The van der Waals surface area contributed by atoms with Crippen LogP contribution >= 0.6 is 0 Å². The molecule has 0 aliphatic carbocycles. The number of nitrogens with one attached hydrogen (secondary N) is 2. The van der Waals surface area contributed by atoms with Crippen LogP contribution in [0.25, 0.3) is 0 Å². The van der Waals surface area contributed by atoms with Gasteiger partial charge in [0.05, 0.1) is 46.2 Å². The van der Waals surface area contributed by atoms with Crippen molar-refractivity contribution in [2.75, 3.05) is 52.7 Å². The first-order valence-corrected chi connectivity index (χ1v) is 15.0. The molecular formula is C29H59FN2O4. The summed E-state index contributed by atoms with van der Waals surface area (Å²) in [6.45, 7) is 12.1. The predicted molar refractivity (Wildman–Crippen MR) is 148 cm³/mol. The summed E-state index contributed by atoms with van der Waals surface area (Å²) in [7, 11) is 0. The van der Waals surface area contributed by atoms with E-state index in [2.05, 4.69) is 38.3 Å². The van der Waals surface area contributed by atoms with E-state index >= 15 is 0 Å². The maximum Gasteiger partial charge on any atom is 0.223 e. The van der Waals surface area contributed by atoms with Crippen molar-refractivity contribution in [3.05, 3.63) is 0 Å². The highest BCUT2D eigenvalue weighted by atomic mass is 19.1. The van der Waals surface area contributed by atoms with Gasteiger partial charge in [-0.25, -0.2) is 4.39 Å². The summed E-state index contributed by atoms with van der Waals surface area (Å²) in [6.07, 6.45) is 13.4. The summed E-state index contributed by atoms with van der Waals surface area (Å²) in [5.74, 6) is -0.00276. The van der Waals surface area contributed by atoms with E-state index in [-0.39, 0.29) is 25.0 Å². The highest BCUT2D eigenvalue weighted by molar-refractivity contribution is 5.78. The van der Waals surface area contributed by atoms with Crippen LogP contribution in [0.4, 0.5) is 4.39 Å². The van der Waals surface area contributed by atoms with E-state index in [1.807, 2.05) is 0 Å². The Labute approximate surface area is 222 Å². The zero-order valence-corrected chi connectivity index (χ0v) is 24.1. The number of ether oxygens (including phenoxy) is 3. The molecule has 7 heteroatoms. The molecule has 3 unspecified atom stereocenters. The molecule has 1 amide bonds. The third-order valence-corrected chi connectivity index (χ3v) is 6.55. The van der Waals surface area contributed by atoms with Crippen molar-refractivity contribution in [1.82, 2.24) is 10.6 Å². The van der Waals surface area contributed by atoms with Crippen LogP contribution in [-0.4, -0.2) is 70.9 Å². The van der Waals surface area contributed by atoms with E-state index < -0.39 is 6.17 Å². The molecule has 0 heterocycles. The molecule has 0 aromatic carbocycles. The Bertz CT molecular complexity index is 471. The van der Waals surface area contributed by atoms with Crippen LogP contribution in [0.15, 0.2) is 0 Å². The number of alkyl halides is 1. The van der Waals surface area contributed by atoms with Gasteiger partial charge in [-0.3, -0.25) is 4.79 Å². The lowest BCUT2D eigenvalue weighted by Gasteiger charge is -2.18. The topological polar surface area (TPSA) is 68.8 Å². The van der Waals surface area contributed by atoms with E-state index in [9.17, 15) is 9.18 Å². The van der Waals surface area contributed by atoms with Crippen LogP contribution in [0.5, 0.6) is 0 Å². The third-order valence-electron chi connectivity index (χ3n) is 6.55. The molecule has 0 spiro atoms. The molecule has 0 aliphatic rings. The van der Waals surface area contributed by atoms with Crippen LogP contribution in [-0.2, 0) is 19.0 Å². The Hall–Kier alpha value is -0.760. The standard InChI is InChI=1S/C29H59FN2O4/c1-5-9-12-14-16-26(15-13-10-6-2)29(33)32-24-27(30)25-36-23-22-35-21-20-34-19-18-31-28(8-4)17-11-7-3/h26-28,31H,5-25H2,1-4H3,(H,32,33). The number of amides is 1. The number of unbranched alkanes of at least 4 members (excludes halogenated alkanes) is 6. The van der Waals surface area contributed by atoms with Crippen molar-refractivity contribution in [3.8, 4) is 0 Å². The third kappa shape index (κ3) is 22.4. The first-order chi connectivity index (χ1) is 17.6. The molecule has 0 aromatic heterocycles. The zero-order valence-electron chi connectivity index (χ0n) is 24.1. The lowest BCUT2D eigenvalue weighted by molar-refractivity contribution is -0.125. The van der Waals surface area contributed by atoms with E-state index in [4.69, 9.17) is 14.2 Å². The second-order valence-corrected chi connectivity index (χ2v) is 9.89. The fourth-order valence-electron chi connectivity index (χ4n) is 4.17. The number of halogens is 1. The molecule has 36 heavy (non-hydrogen) atoms. The van der Waals surface area contributed by atoms with Crippen LogP contribution in [0, 0.1) is 5.92 Å². The molecule has 0 saturated carbocycles. The average molecular weight is 519 g/mol. The average Bonchev–Trinajstić information content (AvgIpc) is 2.88. The minimum absolute atomic E-state index is 0.00190. The van der Waals surface area contributed by atoms with Crippen LogP contribution in [0.3, 0.4) is 0 Å². The summed E-state index contributed by atoms with van der Waals surface area (Å²) < 4.78 is 30.6. The van der Waals surface area contributed by atoms with Crippen LogP contribution < -0.4 is 10.6 Å². The maximum atomic E-state index is 14.2. The van der Waals surface area contributed by atoms with Gasteiger partial charge >= 0.3 is 0 Å². The number of carbonyl (C=O) groups excluding carboxylic acids is 1. The Morgan fingerprint density at radius 1 is 0.722 bits per heavy atom. The lowest BCUT2D eigenvalue weighted by Crippen LogP contribution is -2.36. The second-order valence-electron chi connectivity index (χ2n) is 9.89. The van der Waals surface area contributed by atoms with Gasteiger partial charge < -0.3 is 24.8 Å². The molecule has 2 N–H and O–H groups in total. The minimum atomic E-state index is -1.20. The van der Waals surface area contributed by atoms with Gasteiger partial charge in [0.25, 0.3) is 0 Å². The molecule has 0 fully saturated rings. The molecule has 216 valence electrons. The van der Waals surface area contributed by atoms with E-state index in [1.54, 1.807) is 0 Å². The molecule has 0 aromatic rings. The van der Waals surface area contributed by atoms with Gasteiger partial charge in [-0.2, -0.15) is 0 Å². The van der Waals surface area contributed by atoms with E-state index in [1.165, 1.54) is 32.1 Å². The second kappa shape index (κ2) is 27.3. The van der Waals surface area contributed by atoms with Crippen molar-refractivity contribution >= 4 is 5.91 Å². The fraction of sp³-hybridized carbons (Fsp3) is 0.966. The van der Waals surface area contributed by atoms with Crippen molar-refractivity contribution in [3.63, 3.8) is 0 Å². The minimum Gasteiger partial charge on any atom is -0.378 e. The van der Waals surface area contributed by atoms with Gasteiger partial charge in [-0.05, 0) is 25.7 Å². The molecule has 6 nitrogen and oxygen atoms in total. The van der Waals surface area contributed by atoms with Crippen molar-refractivity contribution in [2.24, 2.45) is 5.92 Å². The molecule has 0 aliphatic heterocycles. The van der Waals surface area contributed by atoms with E-state index in [0.717, 1.165) is 57.9 Å². The normalized spacial score (nSPS) is 14.0. The van der Waals surface area contributed by atoms with Gasteiger partial charge in [0.2, 0.25) is 5.91 Å². The molecule has 0 rings (SSSR count). The number of rotatable bonds is 28. The molecule has 0 saturated heterocycles. The Morgan fingerprint density at radius 2 is 1.31 bits per heavy atom. The quantitative estimate of drug-likeness (QED) is 0.120. The van der Waals surface area contributed by atoms with Gasteiger partial charge in [0, 0.05) is 18.5 Å². The first kappa shape index (κ1) is 35.2. The highest BCUT2D eigenvalue weighted by Gasteiger charge is 2.19. The summed E-state index contributed by atoms with van der Waals surface area (Å²) in [6, 6.07) is 0.581. The summed E-state index contributed by atoms with van der Waals surface area (Å²) in [5.41, 5.74) is 0. The van der Waals surface area contributed by atoms with Crippen LogP contribution in [0.1, 0.15) is 111 Å². The van der Waals surface area contributed by atoms with Crippen molar-refractivity contribution in [2.45, 2.75) is 123 Å². The Kier molecular flexibility index (Phi) is 26.7. The number of carbonyl (C=O) groups is 1. The summed E-state index contributed by atoms with van der Waals surface area (Å²) in [5, 5.41) is 6.34. The van der Waals surface area contributed by atoms with Crippen molar-refractivity contribution < 1.29 is 23.4 Å². The molecule has 0 radical (unpaired) electrons. The van der Waals surface area contributed by atoms with Crippen molar-refractivity contribution in [1.29, 1.82) is 0 Å². The summed E-state index contributed by atoms with van der Waals surface area (Å²) >= 11 is 0. The Balaban J connectivity index is 3.75. The summed E-state index contributed by atoms with van der Waals surface area (Å²) in [4.78, 5) is 12.6. The number of hydrogen-bond acceptors (Lipinski definition) is 5. The largest absolute Gasteiger partial charge is 0.378 e. The van der Waals surface area contributed by atoms with E-state index in [0.29, 0.717) is 39.1 Å².